The Morgan fingerprint density at radius 3 is 2.62 bits per heavy atom. The van der Waals surface area contributed by atoms with Crippen LogP contribution in [0, 0.1) is 29.5 Å². The minimum atomic E-state index is -0.550. The minimum absolute atomic E-state index is 0. The topological polar surface area (TPSA) is 115 Å². The highest BCUT2D eigenvalue weighted by molar-refractivity contribution is 5.97. The van der Waals surface area contributed by atoms with Crippen LogP contribution in [0.5, 0.6) is 0 Å². The van der Waals surface area contributed by atoms with Crippen molar-refractivity contribution in [3.63, 3.8) is 0 Å². The summed E-state index contributed by atoms with van der Waals surface area (Å²) < 4.78 is 18.6. The van der Waals surface area contributed by atoms with Gasteiger partial charge in [-0.1, -0.05) is 19.9 Å². The van der Waals surface area contributed by atoms with Crippen molar-refractivity contribution in [2.45, 2.75) is 59.0 Å². The van der Waals surface area contributed by atoms with Crippen molar-refractivity contribution < 1.29 is 15.3 Å². The first kappa shape index (κ1) is 23.3. The van der Waals surface area contributed by atoms with E-state index < -0.39 is 11.9 Å². The number of ether oxygens (including phenoxy) is 1. The Labute approximate surface area is 188 Å². The van der Waals surface area contributed by atoms with Crippen LogP contribution in [0.3, 0.4) is 0 Å². The lowest BCUT2D eigenvalue weighted by atomic mass is 9.88. The van der Waals surface area contributed by atoms with Gasteiger partial charge in [0.1, 0.15) is 6.04 Å². The van der Waals surface area contributed by atoms with E-state index in [2.05, 4.69) is 22.2 Å². The molecule has 3 N–H and O–H groups in total. The Morgan fingerprint density at radius 1 is 1.28 bits per heavy atom. The predicted molar refractivity (Wildman–Crippen MR) is 124 cm³/mol. The zero-order valence-corrected chi connectivity index (χ0v) is 18.8. The minimum Gasteiger partial charge on any atom is -0.428 e. The normalized spacial score (nSPS) is 20.5. The van der Waals surface area contributed by atoms with Crippen LogP contribution in [-0.2, 0) is 4.74 Å². The van der Waals surface area contributed by atoms with E-state index >= 15 is 0 Å². The van der Waals surface area contributed by atoms with Crippen molar-refractivity contribution >= 4 is 23.5 Å². The molecule has 172 valence electrons. The summed E-state index contributed by atoms with van der Waals surface area (Å²) in [4.78, 5) is 23.0. The molecule has 1 unspecified atom stereocenters. The first-order valence-electron chi connectivity index (χ1n) is 10.7. The van der Waals surface area contributed by atoms with Crippen LogP contribution >= 0.6 is 0 Å². The fraction of sp³-hybridized carbons (Fsp3) is 0.435. The third kappa shape index (κ3) is 5.27. The molecule has 2 heterocycles. The highest BCUT2D eigenvalue weighted by Gasteiger charge is 2.38. The summed E-state index contributed by atoms with van der Waals surface area (Å²) >= 11 is 0. The number of carbonyl (C=O) groups is 1. The molecule has 0 spiro atoms. The van der Waals surface area contributed by atoms with Crippen LogP contribution in [0.4, 0.5) is 14.9 Å². The number of urea groups is 1. The number of amides is 2. The molecule has 3 atom stereocenters. The van der Waals surface area contributed by atoms with Gasteiger partial charge in [-0.15, -0.1) is 0 Å². The number of halogens is 1. The van der Waals surface area contributed by atoms with Gasteiger partial charge in [-0.3, -0.25) is 10.8 Å². The fourth-order valence-electron chi connectivity index (χ4n) is 4.02. The summed E-state index contributed by atoms with van der Waals surface area (Å²) in [6.45, 7) is 7.71. The lowest BCUT2D eigenvalue weighted by molar-refractivity contribution is 0.121. The zero-order valence-electron chi connectivity index (χ0n) is 18.8. The summed E-state index contributed by atoms with van der Waals surface area (Å²) in [6.07, 6.45) is 3.99. The van der Waals surface area contributed by atoms with Crippen molar-refractivity contribution in [3.05, 3.63) is 42.0 Å². The van der Waals surface area contributed by atoms with E-state index in [4.69, 9.17) is 15.6 Å². The number of aromatic nitrogens is 2. The Morgan fingerprint density at radius 2 is 1.97 bits per heavy atom. The van der Waals surface area contributed by atoms with Gasteiger partial charge in [0.15, 0.2) is 17.5 Å². The molecule has 0 saturated carbocycles. The lowest BCUT2D eigenvalue weighted by Gasteiger charge is -2.42. The van der Waals surface area contributed by atoms with Crippen molar-refractivity contribution in [2.75, 3.05) is 5.32 Å². The van der Waals surface area contributed by atoms with Crippen LogP contribution in [0.25, 0.3) is 11.4 Å². The smallest absolute Gasteiger partial charge is 0.322 e. The molecule has 32 heavy (non-hydrogen) atoms. The lowest BCUT2D eigenvalue weighted by Crippen LogP contribution is -2.56. The average Bonchev–Trinajstić information content (AvgIpc) is 2.75. The summed E-state index contributed by atoms with van der Waals surface area (Å²) in [5, 5.41) is 19.0. The molecule has 0 bridgehead atoms. The first-order valence-corrected chi connectivity index (χ1v) is 10.7. The van der Waals surface area contributed by atoms with Gasteiger partial charge in [0, 0.05) is 25.1 Å². The summed E-state index contributed by atoms with van der Waals surface area (Å²) in [5.41, 5.74) is 2.12. The number of carbonyl (C=O) groups excluding carboxylic acids is 1. The van der Waals surface area contributed by atoms with Crippen LogP contribution < -0.4 is 5.32 Å². The molecule has 1 aromatic heterocycles. The molecule has 1 fully saturated rings. The molecule has 0 aliphatic carbocycles. The highest BCUT2D eigenvalue weighted by atomic mass is 19.1. The zero-order chi connectivity index (χ0) is 23.4. The number of piperidine rings is 1. The second-order valence-electron chi connectivity index (χ2n) is 8.28. The second kappa shape index (κ2) is 9.84. The molecule has 1 aromatic carbocycles. The molecule has 3 rings (SSSR count). The van der Waals surface area contributed by atoms with Gasteiger partial charge >= 0.3 is 6.03 Å². The average molecular weight is 443 g/mol. The van der Waals surface area contributed by atoms with Crippen molar-refractivity contribution in [3.8, 4) is 11.4 Å². The maximum Gasteiger partial charge on any atom is 0.322 e. The number of anilines is 1. The number of nitrogens with one attached hydrogen (secondary N) is 3. The summed E-state index contributed by atoms with van der Waals surface area (Å²) in [5.74, 6) is 0.0844. The molecule has 1 saturated heterocycles. The largest absolute Gasteiger partial charge is 0.428 e. The quantitative estimate of drug-likeness (QED) is 0.444. The van der Waals surface area contributed by atoms with Crippen molar-refractivity contribution in [1.29, 1.82) is 10.8 Å². The Kier molecular flexibility index (Phi) is 7.17. The molecule has 2 amide bonds. The van der Waals surface area contributed by atoms with Crippen LogP contribution in [-0.4, -0.2) is 44.8 Å². The van der Waals surface area contributed by atoms with Crippen LogP contribution in [0.2, 0.25) is 0 Å². The predicted octanol–water partition coefficient (Wildman–Crippen LogP) is 5.24. The molecule has 9 heteroatoms. The molecule has 0 radical (unpaired) electrons. The number of likely N-dealkylation sites (tertiary alicyclic amines) is 1. The van der Waals surface area contributed by atoms with E-state index in [1.807, 2.05) is 19.9 Å². The summed E-state index contributed by atoms with van der Waals surface area (Å²) in [7, 11) is 0. The molecule has 2 aromatic rings. The van der Waals surface area contributed by atoms with Crippen molar-refractivity contribution in [1.82, 2.24) is 14.9 Å². The SMILES string of the molecule is CCC(=N)OC(=N)C1C[C@@H](C)C[C@@H](C)N1C(=O)Nc1ccc(C)c(-c2ncc(F)cn2)c1.[HH]. The number of benzene rings is 1. The van der Waals surface area contributed by atoms with Gasteiger partial charge in [-0.25, -0.2) is 19.2 Å². The maximum atomic E-state index is 13.3. The molecular formula is C23H31FN6O2. The fourth-order valence-corrected chi connectivity index (χ4v) is 4.02. The van der Waals surface area contributed by atoms with E-state index in [0.717, 1.165) is 24.4 Å². The monoisotopic (exact) mass is 442 g/mol. The maximum absolute atomic E-state index is 13.3. The van der Waals surface area contributed by atoms with Crippen LogP contribution in [0.15, 0.2) is 30.6 Å². The van der Waals surface area contributed by atoms with Crippen LogP contribution in [0.1, 0.15) is 47.0 Å². The standard InChI is InChI=1S/C23H29FN6O2.H2/c1-5-20(25)32-21(26)19-9-13(2)8-15(4)30(19)23(31)29-17-7-6-14(3)18(10-17)22-27-11-16(24)12-28-22;/h6-7,10-13,15,19,25-26H,5,8-9H2,1-4H3,(H,29,31);1H/t13-,15+,19?;/m0./s1. The van der Waals surface area contributed by atoms with Gasteiger partial charge in [-0.2, -0.15) is 0 Å². The van der Waals surface area contributed by atoms with Crippen molar-refractivity contribution in [2.24, 2.45) is 5.92 Å². The number of aryl methyl sites for hydroxylation is 1. The van der Waals surface area contributed by atoms with Gasteiger partial charge in [0.05, 0.1) is 12.4 Å². The van der Waals surface area contributed by atoms with E-state index in [0.29, 0.717) is 35.8 Å². The van der Waals surface area contributed by atoms with E-state index in [1.165, 1.54) is 0 Å². The molecular weight excluding hydrogens is 411 g/mol. The second-order valence-corrected chi connectivity index (χ2v) is 8.28. The Bertz CT molecular complexity index is 1020. The Balaban J connectivity index is 0.00000385. The highest BCUT2D eigenvalue weighted by Crippen LogP contribution is 2.30. The van der Waals surface area contributed by atoms with Gasteiger partial charge in [-0.05, 0) is 50.3 Å². The van der Waals surface area contributed by atoms with Gasteiger partial charge < -0.3 is 15.0 Å². The van der Waals surface area contributed by atoms with E-state index in [-0.39, 0.29) is 25.3 Å². The van der Waals surface area contributed by atoms with E-state index in [1.54, 1.807) is 24.0 Å². The number of hydrogen-bond acceptors (Lipinski definition) is 6. The third-order valence-corrected chi connectivity index (χ3v) is 5.62. The molecule has 1 aliphatic heterocycles. The third-order valence-electron chi connectivity index (χ3n) is 5.62. The Hall–Kier alpha value is -3.36. The number of rotatable bonds is 4. The molecule has 8 nitrogen and oxygen atoms in total. The number of nitrogens with zero attached hydrogens (tertiary/aromatic N) is 3. The number of hydrogen-bond donors (Lipinski definition) is 3. The first-order chi connectivity index (χ1) is 15.2. The van der Waals surface area contributed by atoms with Gasteiger partial charge in [0.25, 0.3) is 0 Å². The van der Waals surface area contributed by atoms with Gasteiger partial charge in [0.2, 0.25) is 5.90 Å². The van der Waals surface area contributed by atoms with E-state index in [9.17, 15) is 9.18 Å². The summed E-state index contributed by atoms with van der Waals surface area (Å²) in [6, 6.07) is 4.37. The molecule has 1 aliphatic rings.